The molecule has 1 aliphatic rings. The molecule has 1 saturated heterocycles. The second-order valence-corrected chi connectivity index (χ2v) is 9.64. The largest absolute Gasteiger partial charge is 0.357 e. The molecule has 1 aromatic carbocycles. The summed E-state index contributed by atoms with van der Waals surface area (Å²) in [6.07, 6.45) is 6.43. The number of aromatic nitrogens is 2. The first kappa shape index (κ1) is 26.6. The standard InChI is InChI=1S/C28H33ClN6O2/c1-3-34-13-4-5-15-35(16-6-14-34)26-12-8-21(18-31-26)27(36)32-24-10-7-20(2)17-23(24)28(37)33-25-11-9-22(29)19-30-25/h7-12,17-19H,3-6,13-16H2,1-2H3,(H,32,36)(H,30,33,37). The lowest BCUT2D eigenvalue weighted by molar-refractivity contribution is 0.102. The van der Waals surface area contributed by atoms with Gasteiger partial charge in [-0.25, -0.2) is 9.97 Å². The van der Waals surface area contributed by atoms with Crippen LogP contribution in [0.2, 0.25) is 5.02 Å². The van der Waals surface area contributed by atoms with Crippen LogP contribution in [0.4, 0.5) is 17.3 Å². The van der Waals surface area contributed by atoms with Gasteiger partial charge >= 0.3 is 0 Å². The van der Waals surface area contributed by atoms with Crippen LogP contribution in [-0.2, 0) is 0 Å². The molecule has 0 spiro atoms. The van der Waals surface area contributed by atoms with Crippen LogP contribution in [0.15, 0.2) is 54.9 Å². The average molecular weight is 521 g/mol. The number of nitrogens with zero attached hydrogens (tertiary/aromatic N) is 4. The fourth-order valence-corrected chi connectivity index (χ4v) is 4.49. The fourth-order valence-electron chi connectivity index (χ4n) is 4.38. The molecule has 9 heteroatoms. The highest BCUT2D eigenvalue weighted by molar-refractivity contribution is 6.30. The van der Waals surface area contributed by atoms with E-state index in [1.807, 2.05) is 19.1 Å². The maximum atomic E-state index is 13.0. The van der Waals surface area contributed by atoms with Crippen molar-refractivity contribution in [2.75, 3.05) is 48.3 Å². The second-order valence-electron chi connectivity index (χ2n) is 9.21. The van der Waals surface area contributed by atoms with Crippen LogP contribution in [0, 0.1) is 6.92 Å². The molecule has 1 fully saturated rings. The van der Waals surface area contributed by atoms with E-state index in [0.29, 0.717) is 27.7 Å². The van der Waals surface area contributed by atoms with Crippen LogP contribution in [-0.4, -0.2) is 59.4 Å². The summed E-state index contributed by atoms with van der Waals surface area (Å²) in [6, 6.07) is 12.3. The summed E-state index contributed by atoms with van der Waals surface area (Å²) < 4.78 is 0. The quantitative estimate of drug-likeness (QED) is 0.461. The maximum absolute atomic E-state index is 13.0. The highest BCUT2D eigenvalue weighted by atomic mass is 35.5. The lowest BCUT2D eigenvalue weighted by Crippen LogP contribution is -2.29. The number of nitrogens with one attached hydrogen (secondary N) is 2. The van der Waals surface area contributed by atoms with Gasteiger partial charge in [-0.15, -0.1) is 0 Å². The molecule has 3 heterocycles. The van der Waals surface area contributed by atoms with Gasteiger partial charge in [0.2, 0.25) is 0 Å². The molecule has 3 aromatic rings. The number of hydrogen-bond acceptors (Lipinski definition) is 6. The Morgan fingerprint density at radius 2 is 1.68 bits per heavy atom. The smallest absolute Gasteiger partial charge is 0.258 e. The second kappa shape index (κ2) is 12.7. The first-order valence-corrected chi connectivity index (χ1v) is 13.1. The Labute approximate surface area is 223 Å². The third-order valence-corrected chi connectivity index (χ3v) is 6.70. The number of anilines is 3. The van der Waals surface area contributed by atoms with E-state index in [0.717, 1.165) is 56.9 Å². The number of hydrogen-bond donors (Lipinski definition) is 2. The van der Waals surface area contributed by atoms with Crippen LogP contribution in [0.3, 0.4) is 0 Å². The normalized spacial score (nSPS) is 14.8. The number of amides is 2. The van der Waals surface area contributed by atoms with Crippen LogP contribution < -0.4 is 15.5 Å². The van der Waals surface area contributed by atoms with Gasteiger partial charge in [0.05, 0.1) is 21.8 Å². The van der Waals surface area contributed by atoms with Crippen molar-refractivity contribution in [1.82, 2.24) is 14.9 Å². The van der Waals surface area contributed by atoms with E-state index in [1.54, 1.807) is 36.5 Å². The van der Waals surface area contributed by atoms with Gasteiger partial charge < -0.3 is 20.4 Å². The van der Waals surface area contributed by atoms with Crippen molar-refractivity contribution < 1.29 is 9.59 Å². The minimum atomic E-state index is -0.378. The topological polar surface area (TPSA) is 90.5 Å². The summed E-state index contributed by atoms with van der Waals surface area (Å²) in [5.41, 5.74) is 2.07. The van der Waals surface area contributed by atoms with Gasteiger partial charge in [-0.05, 0) is 82.2 Å². The number of aryl methyl sites for hydroxylation is 1. The summed E-state index contributed by atoms with van der Waals surface area (Å²) in [5, 5.41) is 6.09. The van der Waals surface area contributed by atoms with Crippen LogP contribution >= 0.6 is 11.6 Å². The Balaban J connectivity index is 1.44. The van der Waals surface area contributed by atoms with Crippen LogP contribution in [0.5, 0.6) is 0 Å². The number of rotatable bonds is 6. The van der Waals surface area contributed by atoms with Gasteiger partial charge in [-0.1, -0.05) is 30.2 Å². The predicted molar refractivity (Wildman–Crippen MR) is 149 cm³/mol. The molecule has 2 N–H and O–H groups in total. The van der Waals surface area contributed by atoms with Gasteiger partial charge in [-0.2, -0.15) is 0 Å². The minimum absolute atomic E-state index is 0.329. The number of carbonyl (C=O) groups excluding carboxylic acids is 2. The van der Waals surface area contributed by atoms with E-state index in [9.17, 15) is 9.59 Å². The van der Waals surface area contributed by atoms with Crippen molar-refractivity contribution >= 4 is 40.7 Å². The van der Waals surface area contributed by atoms with E-state index in [4.69, 9.17) is 11.6 Å². The van der Waals surface area contributed by atoms with Crippen LogP contribution in [0.1, 0.15) is 52.5 Å². The van der Waals surface area contributed by atoms with E-state index in [1.165, 1.54) is 12.6 Å². The molecule has 0 atom stereocenters. The highest BCUT2D eigenvalue weighted by Crippen LogP contribution is 2.21. The van der Waals surface area contributed by atoms with Crippen molar-refractivity contribution in [3.05, 3.63) is 76.6 Å². The molecule has 0 saturated carbocycles. The molecule has 2 amide bonds. The zero-order valence-electron chi connectivity index (χ0n) is 21.3. The number of pyridine rings is 2. The molecule has 0 bridgehead atoms. The molecule has 4 rings (SSSR count). The Morgan fingerprint density at radius 3 is 2.41 bits per heavy atom. The maximum Gasteiger partial charge on any atom is 0.258 e. The third-order valence-electron chi connectivity index (χ3n) is 6.47. The molecule has 8 nitrogen and oxygen atoms in total. The molecule has 0 aliphatic carbocycles. The molecule has 2 aromatic heterocycles. The SMILES string of the molecule is CCN1CCCCN(c2ccc(C(=O)Nc3ccc(C)cc3C(=O)Nc3ccc(Cl)cn3)cn2)CCC1. The summed E-state index contributed by atoms with van der Waals surface area (Å²) >= 11 is 5.88. The predicted octanol–water partition coefficient (Wildman–Crippen LogP) is 5.26. The van der Waals surface area contributed by atoms with Crippen LogP contribution in [0.25, 0.3) is 0 Å². The average Bonchev–Trinajstić information content (AvgIpc) is 3.03. The molecule has 194 valence electrons. The Hall–Kier alpha value is -3.49. The van der Waals surface area contributed by atoms with Gasteiger partial charge in [0.15, 0.2) is 0 Å². The monoisotopic (exact) mass is 520 g/mol. The first-order valence-electron chi connectivity index (χ1n) is 12.7. The molecule has 0 radical (unpaired) electrons. The van der Waals surface area contributed by atoms with Crippen molar-refractivity contribution in [1.29, 1.82) is 0 Å². The summed E-state index contributed by atoms with van der Waals surface area (Å²) in [4.78, 5) is 39.5. The van der Waals surface area contributed by atoms with Gasteiger partial charge in [0.25, 0.3) is 11.8 Å². The van der Waals surface area contributed by atoms with Crippen molar-refractivity contribution in [2.24, 2.45) is 0 Å². The van der Waals surface area contributed by atoms with Gasteiger partial charge in [-0.3, -0.25) is 9.59 Å². The summed E-state index contributed by atoms with van der Waals surface area (Å²) in [6.45, 7) is 9.33. The fraction of sp³-hybridized carbons (Fsp3) is 0.357. The first-order chi connectivity index (χ1) is 17.9. The third kappa shape index (κ3) is 7.27. The number of halogens is 1. The number of benzene rings is 1. The van der Waals surface area contributed by atoms with Gasteiger partial charge in [0, 0.05) is 25.5 Å². The zero-order valence-corrected chi connectivity index (χ0v) is 22.1. The summed E-state index contributed by atoms with van der Waals surface area (Å²) in [7, 11) is 0. The lowest BCUT2D eigenvalue weighted by atomic mass is 10.1. The highest BCUT2D eigenvalue weighted by Gasteiger charge is 2.17. The lowest BCUT2D eigenvalue weighted by Gasteiger charge is -2.23. The Bertz CT molecular complexity index is 1220. The van der Waals surface area contributed by atoms with E-state index in [2.05, 4.69) is 37.3 Å². The minimum Gasteiger partial charge on any atom is -0.357 e. The molecular weight excluding hydrogens is 488 g/mol. The van der Waals surface area contributed by atoms with Crippen molar-refractivity contribution in [3.63, 3.8) is 0 Å². The van der Waals surface area contributed by atoms with Crippen molar-refractivity contribution in [2.45, 2.75) is 33.1 Å². The molecule has 0 unspecified atom stereocenters. The van der Waals surface area contributed by atoms with E-state index >= 15 is 0 Å². The van der Waals surface area contributed by atoms with E-state index in [-0.39, 0.29) is 11.8 Å². The van der Waals surface area contributed by atoms with E-state index < -0.39 is 0 Å². The van der Waals surface area contributed by atoms with Crippen molar-refractivity contribution in [3.8, 4) is 0 Å². The number of carbonyl (C=O) groups is 2. The molecule has 37 heavy (non-hydrogen) atoms. The Kier molecular flexibility index (Phi) is 9.09. The zero-order chi connectivity index (χ0) is 26.2. The Morgan fingerprint density at radius 1 is 0.892 bits per heavy atom. The molecular formula is C28H33ClN6O2. The van der Waals surface area contributed by atoms with Gasteiger partial charge in [0.1, 0.15) is 11.6 Å². The summed E-state index contributed by atoms with van der Waals surface area (Å²) in [5.74, 6) is 0.546. The molecule has 1 aliphatic heterocycles.